The van der Waals surface area contributed by atoms with Crippen LogP contribution in [0.4, 0.5) is 5.82 Å². The predicted octanol–water partition coefficient (Wildman–Crippen LogP) is 2.23. The van der Waals surface area contributed by atoms with E-state index < -0.39 is 15.9 Å². The number of hydrogen-bond acceptors (Lipinski definition) is 7. The number of pyridine rings is 2. The molecule has 0 aliphatic carbocycles. The smallest absolute Gasteiger partial charge is 0.281 e. The van der Waals surface area contributed by atoms with Crippen molar-refractivity contribution in [2.75, 3.05) is 18.6 Å². The molecule has 1 unspecified atom stereocenters. The molecule has 2 aromatic rings. The molecule has 1 fully saturated rings. The number of carbonyl (C=O) groups is 1. The van der Waals surface area contributed by atoms with Gasteiger partial charge in [0.05, 0.1) is 12.7 Å². The van der Waals surface area contributed by atoms with Gasteiger partial charge < -0.3 is 9.64 Å². The van der Waals surface area contributed by atoms with E-state index in [1.165, 1.54) is 25.3 Å². The maximum atomic E-state index is 12.8. The van der Waals surface area contributed by atoms with E-state index in [0.29, 0.717) is 11.7 Å². The van der Waals surface area contributed by atoms with Gasteiger partial charge in [-0.3, -0.25) is 4.79 Å². The van der Waals surface area contributed by atoms with Crippen molar-refractivity contribution in [3.8, 4) is 5.88 Å². The number of anilines is 1. The number of amides is 1. The lowest BCUT2D eigenvalue weighted by molar-refractivity contribution is 0.0981. The summed E-state index contributed by atoms with van der Waals surface area (Å²) >= 11 is 0. The highest BCUT2D eigenvalue weighted by atomic mass is 32.2. The van der Waals surface area contributed by atoms with Crippen LogP contribution in [0.25, 0.3) is 0 Å². The summed E-state index contributed by atoms with van der Waals surface area (Å²) in [7, 11) is -2.77. The first-order valence-electron chi connectivity index (χ1n) is 8.95. The highest BCUT2D eigenvalue weighted by Gasteiger charge is 2.39. The van der Waals surface area contributed by atoms with E-state index in [9.17, 15) is 13.2 Å². The normalized spacial score (nSPS) is 18.7. The van der Waals surface area contributed by atoms with Gasteiger partial charge in [0.2, 0.25) is 5.88 Å². The molecule has 1 aliphatic rings. The van der Waals surface area contributed by atoms with Gasteiger partial charge in [-0.1, -0.05) is 13.0 Å². The SMILES string of the molecule is COc1cccc(S(=O)(=O)NC(=O)c2cccnc2N2CC(C)CC2(C)C)n1. The highest BCUT2D eigenvalue weighted by molar-refractivity contribution is 7.90. The maximum absolute atomic E-state index is 12.8. The number of carbonyl (C=O) groups excluding carboxylic acids is 1. The maximum Gasteiger partial charge on any atom is 0.281 e. The molecule has 150 valence electrons. The summed E-state index contributed by atoms with van der Waals surface area (Å²) in [6.07, 6.45) is 2.56. The molecule has 3 rings (SSSR count). The molecule has 28 heavy (non-hydrogen) atoms. The van der Waals surface area contributed by atoms with Crippen LogP contribution in [-0.4, -0.2) is 43.5 Å². The van der Waals surface area contributed by atoms with Crippen LogP contribution in [0.3, 0.4) is 0 Å². The summed E-state index contributed by atoms with van der Waals surface area (Å²) in [5.41, 5.74) is 0.0203. The van der Waals surface area contributed by atoms with Crippen molar-refractivity contribution in [1.82, 2.24) is 14.7 Å². The first-order valence-corrected chi connectivity index (χ1v) is 10.4. The summed E-state index contributed by atoms with van der Waals surface area (Å²) in [5, 5.41) is -0.291. The molecule has 8 nitrogen and oxygen atoms in total. The minimum atomic E-state index is -4.16. The van der Waals surface area contributed by atoms with E-state index in [1.54, 1.807) is 18.3 Å². The molecule has 2 aromatic heterocycles. The Balaban J connectivity index is 1.92. The molecule has 0 saturated carbocycles. The Bertz CT molecular complexity index is 991. The quantitative estimate of drug-likeness (QED) is 0.815. The van der Waals surface area contributed by atoms with Crippen molar-refractivity contribution in [1.29, 1.82) is 0 Å². The van der Waals surface area contributed by atoms with Gasteiger partial charge in [-0.2, -0.15) is 13.4 Å². The summed E-state index contributed by atoms with van der Waals surface area (Å²) in [5.74, 6) is 0.314. The Morgan fingerprint density at radius 2 is 2.04 bits per heavy atom. The number of nitrogens with zero attached hydrogens (tertiary/aromatic N) is 3. The Morgan fingerprint density at radius 1 is 1.29 bits per heavy atom. The molecule has 0 aromatic carbocycles. The molecular formula is C19H24N4O4S. The topological polar surface area (TPSA) is 101 Å². The zero-order valence-corrected chi connectivity index (χ0v) is 17.2. The summed E-state index contributed by atoms with van der Waals surface area (Å²) < 4.78 is 32.3. The predicted molar refractivity (Wildman–Crippen MR) is 105 cm³/mol. The minimum Gasteiger partial charge on any atom is -0.481 e. The fourth-order valence-corrected chi connectivity index (χ4v) is 4.56. The minimum absolute atomic E-state index is 0.144. The number of nitrogens with one attached hydrogen (secondary N) is 1. The van der Waals surface area contributed by atoms with Crippen molar-refractivity contribution in [3.63, 3.8) is 0 Å². The lowest BCUT2D eigenvalue weighted by Gasteiger charge is -2.33. The third-order valence-corrected chi connectivity index (χ3v) is 6.00. The number of aromatic nitrogens is 2. The molecule has 0 radical (unpaired) electrons. The van der Waals surface area contributed by atoms with E-state index in [4.69, 9.17) is 4.74 Å². The van der Waals surface area contributed by atoms with E-state index >= 15 is 0 Å². The molecule has 0 spiro atoms. The Labute approximate surface area is 165 Å². The molecule has 1 amide bonds. The first kappa shape index (κ1) is 20.1. The van der Waals surface area contributed by atoms with Gasteiger partial charge in [0.25, 0.3) is 15.9 Å². The Hall–Kier alpha value is -2.68. The molecule has 1 N–H and O–H groups in total. The van der Waals surface area contributed by atoms with Crippen LogP contribution in [-0.2, 0) is 10.0 Å². The number of hydrogen-bond donors (Lipinski definition) is 1. The summed E-state index contributed by atoms with van der Waals surface area (Å²) in [4.78, 5) is 23.2. The van der Waals surface area contributed by atoms with Gasteiger partial charge in [-0.05, 0) is 44.4 Å². The Kier molecular flexibility index (Phi) is 5.29. The second-order valence-electron chi connectivity index (χ2n) is 7.56. The van der Waals surface area contributed by atoms with E-state index in [2.05, 4.69) is 40.4 Å². The van der Waals surface area contributed by atoms with Gasteiger partial charge >= 0.3 is 0 Å². The van der Waals surface area contributed by atoms with Gasteiger partial charge in [-0.15, -0.1) is 0 Å². The van der Waals surface area contributed by atoms with Gasteiger partial charge in [0.1, 0.15) is 5.82 Å². The second-order valence-corrected chi connectivity index (χ2v) is 9.19. The molecular weight excluding hydrogens is 380 g/mol. The van der Waals surface area contributed by atoms with Gasteiger partial charge in [0.15, 0.2) is 5.03 Å². The van der Waals surface area contributed by atoms with Crippen molar-refractivity contribution in [2.45, 2.75) is 37.8 Å². The van der Waals surface area contributed by atoms with Crippen molar-refractivity contribution >= 4 is 21.7 Å². The summed E-state index contributed by atoms with van der Waals surface area (Å²) in [6, 6.07) is 7.51. The summed E-state index contributed by atoms with van der Waals surface area (Å²) in [6.45, 7) is 7.06. The third kappa shape index (κ3) is 3.94. The average molecular weight is 404 g/mol. The van der Waals surface area contributed by atoms with Crippen molar-refractivity contribution in [3.05, 3.63) is 42.1 Å². The zero-order chi connectivity index (χ0) is 20.5. The van der Waals surface area contributed by atoms with Crippen LogP contribution >= 0.6 is 0 Å². The zero-order valence-electron chi connectivity index (χ0n) is 16.3. The van der Waals surface area contributed by atoms with Gasteiger partial charge in [-0.25, -0.2) is 9.71 Å². The average Bonchev–Trinajstić information content (AvgIpc) is 2.93. The number of methoxy groups -OCH3 is 1. The monoisotopic (exact) mass is 404 g/mol. The standard InChI is InChI=1S/C19H24N4O4S/c1-13-11-19(2,3)23(12-13)17-14(7-6-10-20-17)18(24)22-28(25,26)16-9-5-8-15(21-16)27-4/h5-10,13H,11-12H2,1-4H3,(H,22,24). The molecule has 9 heteroatoms. The van der Waals surface area contributed by atoms with E-state index in [1.807, 2.05) is 0 Å². The highest BCUT2D eigenvalue weighted by Crippen LogP contribution is 2.37. The second kappa shape index (κ2) is 7.38. The molecule has 1 aliphatic heterocycles. The van der Waals surface area contributed by atoms with Gasteiger partial charge in [0, 0.05) is 24.3 Å². The van der Waals surface area contributed by atoms with Crippen molar-refractivity contribution < 1.29 is 17.9 Å². The van der Waals surface area contributed by atoms with Crippen LogP contribution in [0.1, 0.15) is 37.6 Å². The number of rotatable bonds is 5. The van der Waals surface area contributed by atoms with Crippen LogP contribution < -0.4 is 14.4 Å². The molecule has 1 atom stereocenters. The van der Waals surface area contributed by atoms with Crippen LogP contribution in [0.15, 0.2) is 41.6 Å². The van der Waals surface area contributed by atoms with Crippen LogP contribution in [0.5, 0.6) is 5.88 Å². The molecule has 1 saturated heterocycles. The Morgan fingerprint density at radius 3 is 2.68 bits per heavy atom. The molecule has 3 heterocycles. The fourth-order valence-electron chi connectivity index (χ4n) is 3.64. The number of ether oxygens (including phenoxy) is 1. The van der Waals surface area contributed by atoms with E-state index in [-0.39, 0.29) is 22.0 Å². The lowest BCUT2D eigenvalue weighted by Crippen LogP contribution is -2.41. The fraction of sp³-hybridized carbons (Fsp3) is 0.421. The third-order valence-electron chi connectivity index (χ3n) is 4.77. The largest absolute Gasteiger partial charge is 0.481 e. The number of sulfonamides is 1. The van der Waals surface area contributed by atoms with Crippen molar-refractivity contribution in [2.24, 2.45) is 5.92 Å². The lowest BCUT2D eigenvalue weighted by atomic mass is 9.97. The molecule has 0 bridgehead atoms. The van der Waals surface area contributed by atoms with Crippen LogP contribution in [0, 0.1) is 5.92 Å². The first-order chi connectivity index (χ1) is 13.1. The van der Waals surface area contributed by atoms with E-state index in [0.717, 1.165) is 13.0 Å². The van der Waals surface area contributed by atoms with Crippen LogP contribution in [0.2, 0.25) is 0 Å².